The molecule has 5 nitrogen and oxygen atoms in total. The second-order valence-corrected chi connectivity index (χ2v) is 13.1. The van der Waals surface area contributed by atoms with Crippen LogP contribution >= 0.6 is 35.9 Å². The third-order valence-corrected chi connectivity index (χ3v) is 10.1. The molecule has 5 N–H and O–H groups in total. The topological polar surface area (TPSA) is 114 Å². The molecule has 2 aliphatic carbocycles. The molecule has 0 heterocycles. The zero-order valence-corrected chi connectivity index (χ0v) is 25.9. The van der Waals surface area contributed by atoms with Crippen molar-refractivity contribution >= 4 is 41.8 Å². The lowest BCUT2D eigenvalue weighted by Crippen LogP contribution is -2.14. The van der Waals surface area contributed by atoms with Crippen LogP contribution in [0.25, 0.3) is 0 Å². The monoisotopic (exact) mass is 651 g/mol. The van der Waals surface area contributed by atoms with Gasteiger partial charge in [0.1, 0.15) is 0 Å². The zero-order valence-electron chi connectivity index (χ0n) is 23.5. The number of nitrogens with zero attached hydrogens (tertiary/aromatic N) is 1. The predicted molar refractivity (Wildman–Crippen MR) is 192 cm³/mol. The van der Waals surface area contributed by atoms with Gasteiger partial charge in [0.25, 0.3) is 0 Å². The number of aliphatic hydroxyl groups excluding tert-OH is 2. The van der Waals surface area contributed by atoms with Crippen LogP contribution in [0.2, 0.25) is 0 Å². The Morgan fingerprint density at radius 1 is 0.791 bits per heavy atom. The Kier molecular flexibility index (Phi) is 24.9. The van der Waals surface area contributed by atoms with E-state index >= 15 is 0 Å². The molecule has 244 valence electrons. The van der Waals surface area contributed by atoms with E-state index in [2.05, 4.69) is 12.1 Å². The molecule has 2 unspecified atom stereocenters. The second kappa shape index (κ2) is 24.6. The van der Waals surface area contributed by atoms with Crippen LogP contribution in [0.4, 0.5) is 0 Å². The number of rotatable bonds is 11. The van der Waals surface area contributed by atoms with Crippen LogP contribution in [0, 0.1) is 28.6 Å². The fourth-order valence-electron chi connectivity index (χ4n) is 5.29. The van der Waals surface area contributed by atoms with Crippen LogP contribution in [-0.4, -0.2) is 27.6 Å². The van der Waals surface area contributed by atoms with Gasteiger partial charge in [-0.25, -0.2) is 0 Å². The van der Waals surface area contributed by atoms with Gasteiger partial charge in [0.05, 0.1) is 30.5 Å². The molecule has 43 heavy (non-hydrogen) atoms. The molecule has 0 radical (unpaired) electrons. The minimum Gasteiger partial charge on any atom is -0.388 e. The first-order valence-corrected chi connectivity index (χ1v) is 16.4. The first-order valence-electron chi connectivity index (χ1n) is 14.5. The number of nitriles is 1. The molecule has 4 rings (SSSR count). The normalized spacial score (nSPS) is 16.2. The Labute approximate surface area is 277 Å². The number of benzene rings is 2. The van der Waals surface area contributed by atoms with E-state index in [0.29, 0.717) is 0 Å². The second-order valence-electron chi connectivity index (χ2n) is 10.9. The minimum absolute atomic E-state index is 0. The summed E-state index contributed by atoms with van der Waals surface area (Å²) in [5.41, 5.74) is 7.06. The van der Waals surface area contributed by atoms with Gasteiger partial charge in [-0.2, -0.15) is 5.26 Å². The van der Waals surface area contributed by atoms with Crippen molar-refractivity contribution in [2.24, 2.45) is 17.6 Å². The number of hydrogen-bond donors (Lipinski definition) is 4. The van der Waals surface area contributed by atoms with Gasteiger partial charge in [-0.15, -0.1) is 35.9 Å². The number of aliphatic hydroxyl groups is 2. The molecule has 0 bridgehead atoms. The molecule has 2 saturated carbocycles. The summed E-state index contributed by atoms with van der Waals surface area (Å²) in [6, 6.07) is 18.0. The van der Waals surface area contributed by atoms with E-state index in [1.54, 1.807) is 0 Å². The highest BCUT2D eigenvalue weighted by Gasteiger charge is 2.16. The van der Waals surface area contributed by atoms with Crippen LogP contribution in [0.1, 0.15) is 123 Å². The quantitative estimate of drug-likeness (QED) is 0.109. The van der Waals surface area contributed by atoms with E-state index in [4.69, 9.17) is 16.4 Å². The number of nitrogens with two attached hydrogens (primary N) is 1. The Morgan fingerprint density at radius 3 is 1.60 bits per heavy atom. The molecule has 2 fully saturated rings. The molecule has 2 aromatic carbocycles. The molecule has 2 atom stereocenters. The van der Waals surface area contributed by atoms with Crippen molar-refractivity contribution in [3.8, 4) is 6.07 Å². The van der Waals surface area contributed by atoms with Crippen molar-refractivity contribution < 1.29 is 10.2 Å². The van der Waals surface area contributed by atoms with Gasteiger partial charge in [-0.05, 0) is 72.9 Å². The van der Waals surface area contributed by atoms with Gasteiger partial charge in [-0.1, -0.05) is 85.1 Å². The van der Waals surface area contributed by atoms with Crippen LogP contribution in [0.3, 0.4) is 0 Å². The Bertz CT molecular complexity index is 1050. The van der Waals surface area contributed by atoms with Crippen LogP contribution in [-0.2, 0) is 0 Å². The molecule has 0 aromatic heterocycles. The van der Waals surface area contributed by atoms with E-state index < -0.39 is 12.2 Å². The van der Waals surface area contributed by atoms with Crippen LogP contribution < -0.4 is 5.73 Å². The Balaban J connectivity index is 0. The molecule has 2 aliphatic rings. The summed E-state index contributed by atoms with van der Waals surface area (Å²) >= 11 is 3.76. The SMILES string of the molecule is C.C.C.Cl.N#CCC(O)c1cccc(SCC2CCCCC2)c1.N=C(N)CC(O)c1cccc(SCC2CCCCC2)c1. The van der Waals surface area contributed by atoms with Crippen molar-refractivity contribution in [3.05, 3.63) is 59.7 Å². The molecule has 0 amide bonds. The molecular weight excluding hydrogens is 594 g/mol. The number of halogens is 1. The van der Waals surface area contributed by atoms with Crippen molar-refractivity contribution in [1.82, 2.24) is 0 Å². The van der Waals surface area contributed by atoms with Gasteiger partial charge in [0.15, 0.2) is 0 Å². The highest BCUT2D eigenvalue weighted by Crippen LogP contribution is 2.32. The third-order valence-electron chi connectivity index (χ3n) is 7.60. The van der Waals surface area contributed by atoms with E-state index in [-0.39, 0.29) is 53.4 Å². The van der Waals surface area contributed by atoms with Crippen molar-refractivity contribution in [3.63, 3.8) is 0 Å². The van der Waals surface area contributed by atoms with Gasteiger partial charge in [-0.3, -0.25) is 5.41 Å². The Hall–Kier alpha value is -1.69. The lowest BCUT2D eigenvalue weighted by atomic mass is 9.91. The summed E-state index contributed by atoms with van der Waals surface area (Å²) in [5.74, 6) is 4.08. The average molecular weight is 652 g/mol. The van der Waals surface area contributed by atoms with E-state index in [1.807, 2.05) is 66.0 Å². The summed E-state index contributed by atoms with van der Waals surface area (Å²) in [6.07, 6.45) is 12.8. The number of nitrogens with one attached hydrogen (secondary N) is 1. The molecular formula is C35H58ClN3O2S2. The minimum atomic E-state index is -0.664. The molecule has 2 aromatic rings. The molecule has 0 saturated heterocycles. The lowest BCUT2D eigenvalue weighted by molar-refractivity contribution is 0.183. The molecule has 8 heteroatoms. The molecule has 0 spiro atoms. The summed E-state index contributed by atoms with van der Waals surface area (Å²) in [5, 5.41) is 35.7. The van der Waals surface area contributed by atoms with Gasteiger partial charge >= 0.3 is 0 Å². The number of thioether (sulfide) groups is 2. The maximum absolute atomic E-state index is 10.0. The Morgan fingerprint density at radius 2 is 1.21 bits per heavy atom. The van der Waals surface area contributed by atoms with Gasteiger partial charge < -0.3 is 15.9 Å². The summed E-state index contributed by atoms with van der Waals surface area (Å²) < 4.78 is 0. The molecule has 0 aliphatic heterocycles. The number of hydrogen-bond acceptors (Lipinski definition) is 6. The van der Waals surface area contributed by atoms with Crippen molar-refractivity contribution in [2.75, 3.05) is 11.5 Å². The summed E-state index contributed by atoms with van der Waals surface area (Å²) in [6.45, 7) is 0. The standard InChI is InChI=1S/C16H24N2OS.C16H21NOS.3CH4.ClH/c17-16(18)10-15(19)13-7-4-8-14(9-13)20-11-12-5-2-1-3-6-12;17-10-9-16(18)14-7-4-8-15(11-14)19-12-13-5-2-1-3-6-13;;;;/h4,7-9,12,15,19H,1-3,5-6,10-11H2,(H3,17,18);4,7-8,11,13,16,18H,1-3,5-6,9,12H2;3*1H4;1H. The lowest BCUT2D eigenvalue weighted by Gasteiger charge is -2.21. The van der Waals surface area contributed by atoms with E-state index in [9.17, 15) is 10.2 Å². The highest BCUT2D eigenvalue weighted by atomic mass is 35.5. The van der Waals surface area contributed by atoms with Crippen LogP contribution in [0.5, 0.6) is 0 Å². The summed E-state index contributed by atoms with van der Waals surface area (Å²) in [4.78, 5) is 2.41. The van der Waals surface area contributed by atoms with Gasteiger partial charge in [0.2, 0.25) is 0 Å². The smallest absolute Gasteiger partial charge is 0.0934 e. The van der Waals surface area contributed by atoms with E-state index in [0.717, 1.165) is 23.0 Å². The average Bonchev–Trinajstić information content (AvgIpc) is 2.96. The first kappa shape index (κ1) is 43.4. The van der Waals surface area contributed by atoms with Gasteiger partial charge in [0, 0.05) is 27.7 Å². The number of amidine groups is 1. The van der Waals surface area contributed by atoms with Crippen molar-refractivity contribution in [2.45, 2.75) is 121 Å². The maximum Gasteiger partial charge on any atom is 0.0934 e. The highest BCUT2D eigenvalue weighted by molar-refractivity contribution is 7.99. The first-order chi connectivity index (χ1) is 18.9. The maximum atomic E-state index is 10.0. The summed E-state index contributed by atoms with van der Waals surface area (Å²) in [7, 11) is 0. The fourth-order valence-corrected chi connectivity index (χ4v) is 7.60. The largest absolute Gasteiger partial charge is 0.388 e. The fraction of sp³-hybridized carbons (Fsp3) is 0.600. The zero-order chi connectivity index (χ0) is 27.9. The van der Waals surface area contributed by atoms with Crippen LogP contribution in [0.15, 0.2) is 58.3 Å². The van der Waals surface area contributed by atoms with E-state index in [1.165, 1.54) is 85.5 Å². The predicted octanol–water partition coefficient (Wildman–Crippen LogP) is 10.4. The van der Waals surface area contributed by atoms with Crippen molar-refractivity contribution in [1.29, 1.82) is 10.7 Å². The third kappa shape index (κ3) is 16.8.